The Morgan fingerprint density at radius 2 is 2.16 bits per heavy atom. The highest BCUT2D eigenvalue weighted by Crippen LogP contribution is 2.29. The van der Waals surface area contributed by atoms with Gasteiger partial charge in [-0.2, -0.15) is 0 Å². The molecule has 0 fully saturated rings. The molecular formula is C18H23N5O2. The van der Waals surface area contributed by atoms with Crippen molar-refractivity contribution in [2.45, 2.75) is 45.0 Å². The van der Waals surface area contributed by atoms with Gasteiger partial charge in [0.25, 0.3) is 0 Å². The Bertz CT molecular complexity index is 773. The van der Waals surface area contributed by atoms with E-state index in [1.807, 2.05) is 10.6 Å². The first-order valence-electron chi connectivity index (χ1n) is 8.86. The Morgan fingerprint density at radius 3 is 3.04 bits per heavy atom. The minimum atomic E-state index is -0.103. The zero-order valence-electron chi connectivity index (χ0n) is 14.2. The molecule has 2 N–H and O–H groups in total. The number of hydrogen-bond donors (Lipinski definition) is 2. The van der Waals surface area contributed by atoms with Gasteiger partial charge in [-0.15, -0.1) is 10.2 Å². The second-order valence-corrected chi connectivity index (χ2v) is 6.76. The number of aromatic nitrogens is 3. The van der Waals surface area contributed by atoms with Crippen molar-refractivity contribution in [2.75, 3.05) is 13.1 Å². The first-order chi connectivity index (χ1) is 12.2. The number of aliphatic hydroxyl groups excluding tert-OH is 1. The fourth-order valence-corrected chi connectivity index (χ4v) is 3.87. The molecule has 7 heteroatoms. The number of aryl methyl sites for hydroxylation is 1. The summed E-state index contributed by atoms with van der Waals surface area (Å²) in [4.78, 5) is 14.6. The standard InChI is InChI=1S/C18H23N5O2/c24-12-17-21-20-16-10-22(8-9-23(16)17)11-18(25)19-15-7-3-5-13-4-1-2-6-14(13)15/h1-2,4,6,15,24H,3,5,7-12H2,(H,19,25)/t15-/m0/s1. The molecule has 2 heterocycles. The molecule has 1 amide bonds. The highest BCUT2D eigenvalue weighted by Gasteiger charge is 2.25. The summed E-state index contributed by atoms with van der Waals surface area (Å²) in [6.07, 6.45) is 3.20. The quantitative estimate of drug-likeness (QED) is 0.859. The lowest BCUT2D eigenvalue weighted by Gasteiger charge is -2.29. The van der Waals surface area contributed by atoms with Crippen LogP contribution in [0, 0.1) is 0 Å². The van der Waals surface area contributed by atoms with Gasteiger partial charge in [-0.3, -0.25) is 9.69 Å². The van der Waals surface area contributed by atoms with Gasteiger partial charge in [0.1, 0.15) is 12.4 Å². The third-order valence-corrected chi connectivity index (χ3v) is 5.12. The molecule has 2 aromatic rings. The number of fused-ring (bicyclic) bond motifs is 2. The van der Waals surface area contributed by atoms with Gasteiger partial charge in [0.15, 0.2) is 5.82 Å². The van der Waals surface area contributed by atoms with Gasteiger partial charge in [-0.05, 0) is 30.4 Å². The van der Waals surface area contributed by atoms with Crippen molar-refractivity contribution >= 4 is 5.91 Å². The first kappa shape index (κ1) is 16.2. The van der Waals surface area contributed by atoms with Crippen molar-refractivity contribution < 1.29 is 9.90 Å². The molecule has 0 spiro atoms. The summed E-state index contributed by atoms with van der Waals surface area (Å²) < 4.78 is 1.94. The van der Waals surface area contributed by atoms with Crippen LogP contribution in [-0.4, -0.2) is 43.8 Å². The van der Waals surface area contributed by atoms with E-state index in [4.69, 9.17) is 0 Å². The topological polar surface area (TPSA) is 83.3 Å². The van der Waals surface area contributed by atoms with Crippen LogP contribution in [-0.2, 0) is 30.9 Å². The van der Waals surface area contributed by atoms with Crippen LogP contribution in [0.15, 0.2) is 24.3 Å². The van der Waals surface area contributed by atoms with Gasteiger partial charge < -0.3 is 15.0 Å². The molecule has 1 aromatic carbocycles. The van der Waals surface area contributed by atoms with E-state index in [0.29, 0.717) is 25.5 Å². The zero-order chi connectivity index (χ0) is 17.2. The van der Waals surface area contributed by atoms with E-state index in [-0.39, 0.29) is 18.6 Å². The minimum absolute atomic E-state index is 0.0528. The van der Waals surface area contributed by atoms with Crippen molar-refractivity contribution in [3.05, 3.63) is 47.0 Å². The number of nitrogens with zero attached hydrogens (tertiary/aromatic N) is 4. The van der Waals surface area contributed by atoms with Crippen molar-refractivity contribution in [2.24, 2.45) is 0 Å². The SMILES string of the molecule is O=C(CN1CCn2c(CO)nnc2C1)N[C@H]1CCCc2ccccc21. The Hall–Kier alpha value is -2.25. The molecule has 1 aromatic heterocycles. The maximum Gasteiger partial charge on any atom is 0.234 e. The lowest BCUT2D eigenvalue weighted by molar-refractivity contribution is -0.123. The zero-order valence-corrected chi connectivity index (χ0v) is 14.2. The average Bonchev–Trinajstić information content (AvgIpc) is 3.04. The van der Waals surface area contributed by atoms with Crippen LogP contribution >= 0.6 is 0 Å². The second-order valence-electron chi connectivity index (χ2n) is 6.76. The predicted molar refractivity (Wildman–Crippen MR) is 91.5 cm³/mol. The molecule has 4 rings (SSSR count). The predicted octanol–water partition coefficient (Wildman–Crippen LogP) is 0.780. The maximum atomic E-state index is 12.5. The van der Waals surface area contributed by atoms with Gasteiger partial charge in [-0.1, -0.05) is 24.3 Å². The minimum Gasteiger partial charge on any atom is -0.388 e. The molecule has 2 aliphatic rings. The van der Waals surface area contributed by atoms with Crippen LogP contribution in [0.1, 0.15) is 41.7 Å². The van der Waals surface area contributed by atoms with Crippen molar-refractivity contribution in [1.82, 2.24) is 25.0 Å². The Kier molecular flexibility index (Phi) is 4.50. The third kappa shape index (κ3) is 3.29. The fourth-order valence-electron chi connectivity index (χ4n) is 3.87. The summed E-state index contributed by atoms with van der Waals surface area (Å²) in [6.45, 7) is 2.31. The van der Waals surface area contributed by atoms with Crippen LogP contribution in [0.4, 0.5) is 0 Å². The molecule has 0 radical (unpaired) electrons. The molecule has 132 valence electrons. The van der Waals surface area contributed by atoms with E-state index in [1.54, 1.807) is 0 Å². The smallest absolute Gasteiger partial charge is 0.234 e. The lowest BCUT2D eigenvalue weighted by Crippen LogP contribution is -2.43. The van der Waals surface area contributed by atoms with Crippen molar-refractivity contribution in [3.8, 4) is 0 Å². The second kappa shape index (κ2) is 6.93. The van der Waals surface area contributed by atoms with E-state index in [0.717, 1.165) is 31.6 Å². The van der Waals surface area contributed by atoms with E-state index >= 15 is 0 Å². The van der Waals surface area contributed by atoms with Crippen LogP contribution < -0.4 is 5.32 Å². The number of hydrogen-bond acceptors (Lipinski definition) is 5. The van der Waals surface area contributed by atoms with Crippen molar-refractivity contribution in [1.29, 1.82) is 0 Å². The molecule has 25 heavy (non-hydrogen) atoms. The summed E-state index contributed by atoms with van der Waals surface area (Å²) in [5.41, 5.74) is 2.61. The molecule has 7 nitrogen and oxygen atoms in total. The first-order valence-corrected chi connectivity index (χ1v) is 8.86. The lowest BCUT2D eigenvalue weighted by atomic mass is 9.88. The fraction of sp³-hybridized carbons (Fsp3) is 0.500. The van der Waals surface area contributed by atoms with E-state index < -0.39 is 0 Å². The Labute approximate surface area is 146 Å². The van der Waals surface area contributed by atoms with Gasteiger partial charge in [-0.25, -0.2) is 0 Å². The van der Waals surface area contributed by atoms with Crippen LogP contribution in [0.25, 0.3) is 0 Å². The van der Waals surface area contributed by atoms with Crippen LogP contribution in [0.3, 0.4) is 0 Å². The molecule has 0 unspecified atom stereocenters. The molecule has 0 bridgehead atoms. The number of aliphatic hydroxyl groups is 1. The normalized spacial score (nSPS) is 20.0. The van der Waals surface area contributed by atoms with Gasteiger partial charge in [0, 0.05) is 13.1 Å². The molecule has 0 saturated carbocycles. The monoisotopic (exact) mass is 341 g/mol. The van der Waals surface area contributed by atoms with Crippen LogP contribution in [0.5, 0.6) is 0 Å². The van der Waals surface area contributed by atoms with Crippen molar-refractivity contribution in [3.63, 3.8) is 0 Å². The summed E-state index contributed by atoms with van der Waals surface area (Å²) in [7, 11) is 0. The Balaban J connectivity index is 1.37. The van der Waals surface area contributed by atoms with E-state index in [9.17, 15) is 9.90 Å². The average molecular weight is 341 g/mol. The van der Waals surface area contributed by atoms with Gasteiger partial charge in [0.2, 0.25) is 5.91 Å². The van der Waals surface area contributed by atoms with Crippen LogP contribution in [0.2, 0.25) is 0 Å². The van der Waals surface area contributed by atoms with Gasteiger partial charge >= 0.3 is 0 Å². The molecule has 0 saturated heterocycles. The number of carbonyl (C=O) groups is 1. The molecule has 1 aliphatic carbocycles. The number of rotatable bonds is 4. The number of carbonyl (C=O) groups excluding carboxylic acids is 1. The molecule has 1 atom stereocenters. The van der Waals surface area contributed by atoms with E-state index in [2.05, 4.69) is 38.6 Å². The number of nitrogens with one attached hydrogen (secondary N) is 1. The third-order valence-electron chi connectivity index (χ3n) is 5.12. The summed E-state index contributed by atoms with van der Waals surface area (Å²) in [5.74, 6) is 1.46. The highest BCUT2D eigenvalue weighted by atomic mass is 16.3. The van der Waals surface area contributed by atoms with E-state index in [1.165, 1.54) is 11.1 Å². The number of benzene rings is 1. The molecular weight excluding hydrogens is 318 g/mol. The highest BCUT2D eigenvalue weighted by molar-refractivity contribution is 5.78. The summed E-state index contributed by atoms with van der Waals surface area (Å²) in [5, 5.41) is 20.5. The Morgan fingerprint density at radius 1 is 1.28 bits per heavy atom. The summed E-state index contributed by atoms with van der Waals surface area (Å²) >= 11 is 0. The van der Waals surface area contributed by atoms with Gasteiger partial charge in [0.05, 0.1) is 19.1 Å². The maximum absolute atomic E-state index is 12.5. The molecule has 1 aliphatic heterocycles. The summed E-state index contributed by atoms with van der Waals surface area (Å²) in [6, 6.07) is 8.50. The largest absolute Gasteiger partial charge is 0.388 e. The number of amides is 1.